The van der Waals surface area contributed by atoms with Gasteiger partial charge >= 0.3 is 0 Å². The van der Waals surface area contributed by atoms with E-state index in [1.165, 1.54) is 24.3 Å². The highest BCUT2D eigenvalue weighted by Gasteiger charge is 2.43. The third-order valence-electron chi connectivity index (χ3n) is 4.49. The van der Waals surface area contributed by atoms with E-state index < -0.39 is 4.92 Å². The number of benzene rings is 2. The Morgan fingerprint density at radius 2 is 1.82 bits per heavy atom. The fourth-order valence-corrected chi connectivity index (χ4v) is 2.93. The number of hydrogen-bond donors (Lipinski definition) is 2. The highest BCUT2D eigenvalue weighted by molar-refractivity contribution is 6.05. The molecule has 2 N–H and O–H groups in total. The zero-order chi connectivity index (χ0) is 20.1. The standard InChI is InChI=1S/C20H20N4O4/c1-13(11-19(25)21-15-7-9-16(10-8-15)24(27)28)22-23-20(26)18-12-17(18)14-5-3-2-4-6-14/h2-10,17-18H,11-12H2,1H3,(H,21,25)(H,23,26)/b22-13-/t17-,18-/m0/s1. The molecule has 0 saturated heterocycles. The molecule has 3 rings (SSSR count). The van der Waals surface area contributed by atoms with Crippen molar-refractivity contribution in [2.75, 3.05) is 5.32 Å². The fraction of sp³-hybridized carbons (Fsp3) is 0.250. The second-order valence-corrected chi connectivity index (χ2v) is 6.71. The second kappa shape index (κ2) is 8.43. The van der Waals surface area contributed by atoms with Crippen molar-refractivity contribution in [3.8, 4) is 0 Å². The topological polar surface area (TPSA) is 114 Å². The smallest absolute Gasteiger partial charge is 0.269 e. The van der Waals surface area contributed by atoms with E-state index in [1.807, 2.05) is 30.3 Å². The third-order valence-corrected chi connectivity index (χ3v) is 4.49. The van der Waals surface area contributed by atoms with Crippen molar-refractivity contribution < 1.29 is 14.5 Å². The Kier molecular flexibility index (Phi) is 5.78. The molecule has 0 unspecified atom stereocenters. The lowest BCUT2D eigenvalue weighted by atomic mass is 10.1. The molecule has 0 spiro atoms. The summed E-state index contributed by atoms with van der Waals surface area (Å²) in [6.07, 6.45) is 0.801. The molecule has 1 aliphatic rings. The summed E-state index contributed by atoms with van der Waals surface area (Å²) in [4.78, 5) is 34.3. The number of carbonyl (C=O) groups excluding carboxylic acids is 2. The molecule has 28 heavy (non-hydrogen) atoms. The zero-order valence-electron chi connectivity index (χ0n) is 15.3. The van der Waals surface area contributed by atoms with E-state index in [4.69, 9.17) is 0 Å². The minimum absolute atomic E-state index is 0.00402. The predicted octanol–water partition coefficient (Wildman–Crippen LogP) is 3.22. The van der Waals surface area contributed by atoms with Crippen LogP contribution in [-0.4, -0.2) is 22.4 Å². The quantitative estimate of drug-likeness (QED) is 0.436. The number of non-ortho nitro benzene ring substituents is 1. The lowest BCUT2D eigenvalue weighted by Crippen LogP contribution is -2.23. The SMILES string of the molecule is C/C(CC(=O)Nc1ccc([N+](=O)[O-])cc1)=N/NC(=O)[C@H]1C[C@H]1c1ccccc1. The molecule has 2 amide bonds. The number of nitrogens with zero attached hydrogens (tertiary/aromatic N) is 2. The van der Waals surface area contributed by atoms with E-state index in [2.05, 4.69) is 15.8 Å². The van der Waals surface area contributed by atoms with Gasteiger partial charge in [0.2, 0.25) is 11.8 Å². The summed E-state index contributed by atoms with van der Waals surface area (Å²) in [5.41, 5.74) is 4.54. The maximum atomic E-state index is 12.2. The molecule has 0 aliphatic heterocycles. The molecule has 8 heteroatoms. The third kappa shape index (κ3) is 5.00. The number of carbonyl (C=O) groups is 2. The molecule has 1 saturated carbocycles. The van der Waals surface area contributed by atoms with E-state index in [9.17, 15) is 19.7 Å². The van der Waals surface area contributed by atoms with Crippen molar-refractivity contribution in [1.82, 2.24) is 5.43 Å². The van der Waals surface area contributed by atoms with Gasteiger partial charge in [0.15, 0.2) is 0 Å². The first kappa shape index (κ1) is 19.2. The van der Waals surface area contributed by atoms with Gasteiger partial charge in [0.05, 0.1) is 11.3 Å². The molecule has 0 heterocycles. The van der Waals surface area contributed by atoms with Gasteiger partial charge in [-0.25, -0.2) is 5.43 Å². The monoisotopic (exact) mass is 380 g/mol. The first-order valence-corrected chi connectivity index (χ1v) is 8.86. The minimum atomic E-state index is -0.507. The molecule has 8 nitrogen and oxygen atoms in total. The van der Waals surface area contributed by atoms with Crippen LogP contribution in [0.4, 0.5) is 11.4 Å². The maximum absolute atomic E-state index is 12.2. The summed E-state index contributed by atoms with van der Waals surface area (Å²) in [6.45, 7) is 1.65. The molecule has 0 bridgehead atoms. The Morgan fingerprint density at radius 3 is 2.46 bits per heavy atom. The van der Waals surface area contributed by atoms with E-state index in [0.29, 0.717) is 11.4 Å². The summed E-state index contributed by atoms with van der Waals surface area (Å²) >= 11 is 0. The molecule has 2 aromatic rings. The number of hydrazone groups is 1. The highest BCUT2D eigenvalue weighted by atomic mass is 16.6. The van der Waals surface area contributed by atoms with Crippen molar-refractivity contribution in [3.63, 3.8) is 0 Å². The van der Waals surface area contributed by atoms with Crippen molar-refractivity contribution in [1.29, 1.82) is 0 Å². The van der Waals surface area contributed by atoms with Gasteiger partial charge in [0.1, 0.15) is 0 Å². The van der Waals surface area contributed by atoms with Gasteiger partial charge in [0.25, 0.3) is 5.69 Å². The van der Waals surface area contributed by atoms with Gasteiger partial charge in [-0.05, 0) is 37.0 Å². The van der Waals surface area contributed by atoms with Crippen LogP contribution < -0.4 is 10.7 Å². The molecular formula is C20H20N4O4. The van der Waals surface area contributed by atoms with Gasteiger partial charge in [0, 0.05) is 29.4 Å². The summed E-state index contributed by atoms with van der Waals surface area (Å²) < 4.78 is 0. The molecule has 2 aromatic carbocycles. The van der Waals surface area contributed by atoms with Crippen LogP contribution in [0.1, 0.15) is 31.2 Å². The Hall–Kier alpha value is -3.55. The van der Waals surface area contributed by atoms with Crippen LogP contribution in [0.5, 0.6) is 0 Å². The van der Waals surface area contributed by atoms with Crippen LogP contribution >= 0.6 is 0 Å². The molecule has 0 aromatic heterocycles. The van der Waals surface area contributed by atoms with Gasteiger partial charge in [-0.2, -0.15) is 5.10 Å². The van der Waals surface area contributed by atoms with Crippen LogP contribution in [0.3, 0.4) is 0 Å². The molecule has 1 aliphatic carbocycles. The van der Waals surface area contributed by atoms with E-state index in [0.717, 1.165) is 12.0 Å². The average Bonchev–Trinajstić information content (AvgIpc) is 3.48. The second-order valence-electron chi connectivity index (χ2n) is 6.71. The lowest BCUT2D eigenvalue weighted by Gasteiger charge is -2.05. The number of nitro groups is 1. The zero-order valence-corrected chi connectivity index (χ0v) is 15.3. The van der Waals surface area contributed by atoms with E-state index >= 15 is 0 Å². The van der Waals surface area contributed by atoms with Gasteiger partial charge < -0.3 is 5.32 Å². The number of rotatable bonds is 7. The molecule has 1 fully saturated rings. The Balaban J connectivity index is 1.45. The fourth-order valence-electron chi connectivity index (χ4n) is 2.93. The van der Waals surface area contributed by atoms with E-state index in [-0.39, 0.29) is 35.8 Å². The van der Waals surface area contributed by atoms with Crippen LogP contribution in [0, 0.1) is 16.0 Å². The Bertz CT molecular complexity index is 910. The van der Waals surface area contributed by atoms with Crippen molar-refractivity contribution in [2.24, 2.45) is 11.0 Å². The largest absolute Gasteiger partial charge is 0.326 e. The summed E-state index contributed by atoms with van der Waals surface area (Å²) in [7, 11) is 0. The molecule has 144 valence electrons. The van der Waals surface area contributed by atoms with E-state index in [1.54, 1.807) is 6.92 Å². The Labute approximate surface area is 161 Å². The van der Waals surface area contributed by atoms with Crippen LogP contribution in [-0.2, 0) is 9.59 Å². The van der Waals surface area contributed by atoms with Crippen molar-refractivity contribution in [2.45, 2.75) is 25.7 Å². The predicted molar refractivity (Wildman–Crippen MR) is 105 cm³/mol. The first-order valence-electron chi connectivity index (χ1n) is 8.86. The van der Waals surface area contributed by atoms with Crippen LogP contribution in [0.25, 0.3) is 0 Å². The average molecular weight is 380 g/mol. The summed E-state index contributed by atoms with van der Waals surface area (Å²) in [6, 6.07) is 15.4. The van der Waals surface area contributed by atoms with Crippen LogP contribution in [0.2, 0.25) is 0 Å². The first-order chi connectivity index (χ1) is 13.4. The van der Waals surface area contributed by atoms with Gasteiger partial charge in [-0.3, -0.25) is 19.7 Å². The Morgan fingerprint density at radius 1 is 1.14 bits per heavy atom. The minimum Gasteiger partial charge on any atom is -0.326 e. The molecular weight excluding hydrogens is 360 g/mol. The van der Waals surface area contributed by atoms with Crippen molar-refractivity contribution >= 4 is 28.9 Å². The number of amides is 2. The highest BCUT2D eigenvalue weighted by Crippen LogP contribution is 2.47. The van der Waals surface area contributed by atoms with Crippen LogP contribution in [0.15, 0.2) is 59.7 Å². The van der Waals surface area contributed by atoms with Gasteiger partial charge in [-0.1, -0.05) is 30.3 Å². The summed E-state index contributed by atoms with van der Waals surface area (Å²) in [5.74, 6) is -0.336. The normalized spacial score (nSPS) is 18.2. The lowest BCUT2D eigenvalue weighted by molar-refractivity contribution is -0.384. The van der Waals surface area contributed by atoms with Gasteiger partial charge in [-0.15, -0.1) is 0 Å². The maximum Gasteiger partial charge on any atom is 0.269 e. The molecule has 0 radical (unpaired) electrons. The summed E-state index contributed by atoms with van der Waals surface area (Å²) in [5, 5.41) is 17.3. The number of hydrogen-bond acceptors (Lipinski definition) is 5. The molecule has 2 atom stereocenters. The number of anilines is 1. The van der Waals surface area contributed by atoms with Crippen molar-refractivity contribution in [3.05, 3.63) is 70.3 Å². The number of nitrogens with one attached hydrogen (secondary N) is 2. The number of nitro benzene ring substituents is 1.